The predicted molar refractivity (Wildman–Crippen MR) is 475 cm³/mol. The van der Waals surface area contributed by atoms with Gasteiger partial charge in [-0.3, -0.25) is 9.20 Å². The number of benzene rings is 9. The molecule has 9 aromatic carbocycles. The van der Waals surface area contributed by atoms with Crippen molar-refractivity contribution in [3.8, 4) is 0 Å². The van der Waals surface area contributed by atoms with Crippen LogP contribution in [0.5, 0.6) is 0 Å². The number of nitrogen functional groups attached to an aromatic ring is 1. The van der Waals surface area contributed by atoms with Crippen LogP contribution in [-0.4, -0.2) is 34.3 Å². The SMILES string of the molecule is C/C=C\c1c(C)cc2c(C(C)C)cccc2c1C.CC(C)C1C=Cc2c(N)ncnc21.Cc1cc(C)c2c(c1)C(C(C)C)C=C2.Cc1cc(C)c2cccc(C(C)C)c2c1.Cc1cc2c(C(C)C)ccc3ccc4cccc1c4c32.Cc1nc2c(c(=O)[nH]1)C=CC2C(C)C.Cc1nc2c(c3nccn13)C=CC2C(C)C. The van der Waals surface area contributed by atoms with Crippen LogP contribution in [0.25, 0.3) is 89.9 Å². The standard InChI is InChI=1S/C20H18.C18H22.C15H18.C14H18.C13H15N3.C11H14N2O.C10H13N3/c1-12(2)16-10-9-15-8-7-14-5-4-6-17-13(3)11-18(16)20(15)19(14)17;1-6-8-16-13(4)11-18-15(12(2)3)9-7-10-17(18)14(16)5;1-10(2)13-6-5-7-14-12(4)8-11(3)9-15(13)14;1-9(2)12-5-6-13-11(4)7-10(3)8-14(12)13;1-8(2)10-4-5-11-12(10)15-9(3)16-7-6-14-13(11)16;1-6(2)8-4-5-9-10(8)12-7(3)13-11(9)14;1-6(2)7-3-4-8-9(7)12-5-13-10(8)11/h4-12H,1-3H3;6-12H,1-5H3;5-10H,1-4H3;5-9,12H,1-4H3;4-8,10H,1-3H3;4-6,8H,1-3H3,(H,12,13,14);3-7H,1-2H3,(H2,11,12,13)/b;8-6-;;;;;. The number of fused-ring (bicyclic) bond motifs is 8. The van der Waals surface area contributed by atoms with Gasteiger partial charge in [-0.1, -0.05) is 284 Å². The van der Waals surface area contributed by atoms with Crippen LogP contribution in [0.1, 0.15) is 263 Å². The molecular formula is C101H118N8O. The van der Waals surface area contributed by atoms with Gasteiger partial charge in [-0.2, -0.15) is 0 Å². The first kappa shape index (κ1) is 80.6. The number of hydrogen-bond acceptors (Lipinski definition) is 7. The summed E-state index contributed by atoms with van der Waals surface area (Å²) in [4.78, 5) is 36.0. The van der Waals surface area contributed by atoms with Crippen LogP contribution in [0.2, 0.25) is 0 Å². The highest BCUT2D eigenvalue weighted by Gasteiger charge is 2.28. The number of imidazole rings is 1. The summed E-state index contributed by atoms with van der Waals surface area (Å²) in [7, 11) is 0. The Kier molecular flexibility index (Phi) is 25.1. The van der Waals surface area contributed by atoms with Crippen LogP contribution in [0.3, 0.4) is 0 Å². The minimum Gasteiger partial charge on any atom is -0.383 e. The lowest BCUT2D eigenvalue weighted by molar-refractivity contribution is 0.569. The summed E-state index contributed by atoms with van der Waals surface area (Å²) in [6.45, 7) is 52.6. The zero-order valence-corrected chi connectivity index (χ0v) is 70.0. The number of rotatable bonds is 8. The molecule has 9 nitrogen and oxygen atoms in total. The number of allylic oxidation sites excluding steroid dienone is 5. The van der Waals surface area contributed by atoms with Gasteiger partial charge in [-0.15, -0.1) is 0 Å². The maximum absolute atomic E-state index is 11.6. The number of hydrogen-bond donors (Lipinski definition) is 2. The van der Waals surface area contributed by atoms with E-state index in [1.807, 2.05) is 42.8 Å². The van der Waals surface area contributed by atoms with E-state index >= 15 is 0 Å². The Morgan fingerprint density at radius 3 is 1.56 bits per heavy atom. The summed E-state index contributed by atoms with van der Waals surface area (Å²) >= 11 is 0. The van der Waals surface area contributed by atoms with Gasteiger partial charge in [0.25, 0.3) is 5.56 Å². The number of nitrogens with two attached hydrogens (primary N) is 1. The number of aromatic nitrogens is 7. The van der Waals surface area contributed by atoms with E-state index in [9.17, 15) is 4.79 Å². The molecule has 0 aliphatic heterocycles. The summed E-state index contributed by atoms with van der Waals surface area (Å²) in [6.07, 6.45) is 26.8. The molecule has 0 amide bonds. The summed E-state index contributed by atoms with van der Waals surface area (Å²) in [5.41, 5.74) is 31.2. The number of aromatic amines is 1. The molecule has 4 unspecified atom stereocenters. The van der Waals surface area contributed by atoms with Crippen molar-refractivity contribution in [3.05, 3.63) is 292 Å². The Hall–Kier alpha value is -10.4. The van der Waals surface area contributed by atoms with Gasteiger partial charge in [0, 0.05) is 47.2 Å². The van der Waals surface area contributed by atoms with Crippen molar-refractivity contribution in [1.29, 1.82) is 0 Å². The molecule has 17 rings (SSSR count). The third-order valence-electron chi connectivity index (χ3n) is 22.7. The summed E-state index contributed by atoms with van der Waals surface area (Å²) < 4.78 is 2.05. The fraction of sp³-hybridized carbons (Fsp3) is 0.347. The van der Waals surface area contributed by atoms with E-state index in [4.69, 9.17) is 10.7 Å². The van der Waals surface area contributed by atoms with Crippen molar-refractivity contribution in [2.24, 2.45) is 23.7 Å². The maximum atomic E-state index is 11.6. The van der Waals surface area contributed by atoms with Crippen LogP contribution < -0.4 is 11.3 Å². The molecule has 0 saturated heterocycles. The average Bonchev–Trinajstić information content (AvgIpc) is 1.05. The average molecular weight is 1460 g/mol. The van der Waals surface area contributed by atoms with E-state index in [1.165, 1.54) is 144 Å². The fourth-order valence-corrected chi connectivity index (χ4v) is 16.9. The Morgan fingerprint density at radius 1 is 0.445 bits per heavy atom. The number of H-pyrrole nitrogens is 1. The van der Waals surface area contributed by atoms with Gasteiger partial charge in [-0.25, -0.2) is 24.9 Å². The van der Waals surface area contributed by atoms with Crippen LogP contribution in [0.15, 0.2) is 169 Å². The van der Waals surface area contributed by atoms with E-state index in [0.29, 0.717) is 76.7 Å². The van der Waals surface area contributed by atoms with Gasteiger partial charge in [-0.05, 0) is 226 Å². The second kappa shape index (κ2) is 34.3. The van der Waals surface area contributed by atoms with E-state index in [2.05, 4.69) is 341 Å². The first-order valence-electron chi connectivity index (χ1n) is 40.1. The zero-order chi connectivity index (χ0) is 79.4. The van der Waals surface area contributed by atoms with Gasteiger partial charge in [0.05, 0.1) is 22.6 Å². The molecule has 568 valence electrons. The molecule has 110 heavy (non-hydrogen) atoms. The Morgan fingerprint density at radius 2 is 0.936 bits per heavy atom. The first-order chi connectivity index (χ1) is 52.4. The van der Waals surface area contributed by atoms with E-state index in [1.54, 1.807) is 0 Å². The Balaban J connectivity index is 0.000000128. The summed E-state index contributed by atoms with van der Waals surface area (Å²) in [5.74, 6) is 8.12. The molecule has 13 aromatic rings. The predicted octanol–water partition coefficient (Wildman–Crippen LogP) is 26.8. The Bertz CT molecular complexity index is 5740. The highest BCUT2D eigenvalue weighted by atomic mass is 16.1. The molecule has 0 fully saturated rings. The lowest BCUT2D eigenvalue weighted by Crippen LogP contribution is -2.16. The van der Waals surface area contributed by atoms with Gasteiger partial charge < -0.3 is 10.7 Å². The summed E-state index contributed by atoms with van der Waals surface area (Å²) in [5, 5.41) is 14.0. The van der Waals surface area contributed by atoms with Crippen LogP contribution in [-0.2, 0) is 0 Å². The normalized spacial score (nSPS) is 15.6. The monoisotopic (exact) mass is 1460 g/mol. The van der Waals surface area contributed by atoms with Crippen LogP contribution in [0.4, 0.5) is 5.82 Å². The molecule has 9 heteroatoms. The van der Waals surface area contributed by atoms with E-state index in [-0.39, 0.29) is 5.56 Å². The van der Waals surface area contributed by atoms with Crippen LogP contribution in [0, 0.1) is 86.0 Å². The lowest BCUT2D eigenvalue weighted by Gasteiger charge is -2.17. The van der Waals surface area contributed by atoms with Gasteiger partial charge in [0.1, 0.15) is 29.4 Å². The second-order valence-electron chi connectivity index (χ2n) is 33.3. The highest BCUT2D eigenvalue weighted by molar-refractivity contribution is 6.24. The molecule has 4 heterocycles. The largest absolute Gasteiger partial charge is 0.383 e. The first-order valence-corrected chi connectivity index (χ1v) is 40.1. The number of nitrogens with zero attached hydrogens (tertiary/aromatic N) is 6. The van der Waals surface area contributed by atoms with Crippen molar-refractivity contribution in [1.82, 2.24) is 34.3 Å². The molecule has 0 bridgehead atoms. The number of aryl methyl sites for hydroxylation is 9. The third-order valence-corrected chi connectivity index (χ3v) is 22.7. The summed E-state index contributed by atoms with van der Waals surface area (Å²) in [6, 6.07) is 42.9. The van der Waals surface area contributed by atoms with Crippen molar-refractivity contribution in [2.75, 3.05) is 5.73 Å². The molecule has 0 saturated carbocycles. The molecule has 0 spiro atoms. The van der Waals surface area contributed by atoms with E-state index < -0.39 is 0 Å². The fourth-order valence-electron chi connectivity index (χ4n) is 16.9. The molecular weight excluding hydrogens is 1340 g/mol. The van der Waals surface area contributed by atoms with Crippen molar-refractivity contribution in [2.45, 2.75) is 208 Å². The van der Waals surface area contributed by atoms with Crippen molar-refractivity contribution < 1.29 is 0 Å². The smallest absolute Gasteiger partial charge is 0.258 e. The number of nitrogens with one attached hydrogen (secondary N) is 1. The third kappa shape index (κ3) is 16.8. The molecule has 4 aromatic heterocycles. The van der Waals surface area contributed by atoms with Gasteiger partial charge >= 0.3 is 0 Å². The van der Waals surface area contributed by atoms with Crippen LogP contribution >= 0.6 is 0 Å². The molecule has 4 atom stereocenters. The molecule has 4 aliphatic carbocycles. The van der Waals surface area contributed by atoms with E-state index in [0.717, 1.165) is 34.0 Å². The maximum Gasteiger partial charge on any atom is 0.258 e. The topological polar surface area (TPSA) is 128 Å². The lowest BCUT2D eigenvalue weighted by atomic mass is 9.87. The minimum atomic E-state index is -0.0214. The molecule has 4 aliphatic rings. The zero-order valence-electron chi connectivity index (χ0n) is 70.0. The minimum absolute atomic E-state index is 0.0214. The molecule has 3 N–H and O–H groups in total. The highest BCUT2D eigenvalue weighted by Crippen LogP contribution is 2.43. The van der Waals surface area contributed by atoms with Gasteiger partial charge in [0.15, 0.2) is 0 Å². The van der Waals surface area contributed by atoms with Gasteiger partial charge in [0.2, 0.25) is 0 Å². The quantitative estimate of drug-likeness (QED) is 0.145. The second-order valence-corrected chi connectivity index (χ2v) is 33.3. The van der Waals surface area contributed by atoms with Crippen molar-refractivity contribution >= 4 is 95.7 Å². The number of anilines is 1. The van der Waals surface area contributed by atoms with Crippen molar-refractivity contribution in [3.63, 3.8) is 0 Å². The molecule has 0 radical (unpaired) electrons. The Labute approximate surface area is 655 Å².